The van der Waals surface area contributed by atoms with Crippen LogP contribution in [0.5, 0.6) is 0 Å². The molecule has 0 spiro atoms. The second-order valence-corrected chi connectivity index (χ2v) is 6.84. The number of aromatic nitrogens is 3. The van der Waals surface area contributed by atoms with Gasteiger partial charge in [0.2, 0.25) is 0 Å². The van der Waals surface area contributed by atoms with E-state index in [0.29, 0.717) is 17.4 Å². The van der Waals surface area contributed by atoms with Crippen LogP contribution in [0.1, 0.15) is 38.9 Å². The third-order valence-electron chi connectivity index (χ3n) is 5.02. The Labute approximate surface area is 115 Å². The van der Waals surface area contributed by atoms with Gasteiger partial charge in [0.1, 0.15) is 12.2 Å². The largest absolute Gasteiger partial charge is 0.327 e. The van der Waals surface area contributed by atoms with Crippen molar-refractivity contribution in [3.63, 3.8) is 0 Å². The summed E-state index contributed by atoms with van der Waals surface area (Å²) in [5, 5.41) is 8.17. The number of hydrogen-bond donors (Lipinski definition) is 1. The molecule has 2 N–H and O–H groups in total. The topological polar surface area (TPSA) is 60.0 Å². The van der Waals surface area contributed by atoms with Gasteiger partial charge in [0, 0.05) is 25.7 Å². The highest BCUT2D eigenvalue weighted by atomic mass is 15.3. The Balaban J connectivity index is 1.63. The van der Waals surface area contributed by atoms with Gasteiger partial charge >= 0.3 is 0 Å². The summed E-state index contributed by atoms with van der Waals surface area (Å²) in [5.41, 5.74) is 6.78. The molecule has 0 saturated heterocycles. The molecule has 2 heterocycles. The molecule has 2 atom stereocenters. The molecule has 1 aromatic rings. The van der Waals surface area contributed by atoms with Crippen LogP contribution in [0.3, 0.4) is 0 Å². The van der Waals surface area contributed by atoms with Crippen molar-refractivity contribution in [2.45, 2.75) is 52.2 Å². The van der Waals surface area contributed by atoms with Gasteiger partial charge in [-0.25, -0.2) is 0 Å². The zero-order valence-corrected chi connectivity index (χ0v) is 12.0. The molecule has 0 radical (unpaired) electrons. The van der Waals surface area contributed by atoms with Crippen molar-refractivity contribution in [2.75, 3.05) is 13.1 Å². The molecule has 106 valence electrons. The molecule has 19 heavy (non-hydrogen) atoms. The molecular formula is C14H25N5. The standard InChI is InChI=1S/C14H25N5/c1-14(2)5-3-4-11(13(14)15)8-18-6-7-19-10-16-17-12(19)9-18/h10-11,13H,3-9,15H2,1-2H3. The molecule has 0 amide bonds. The van der Waals surface area contributed by atoms with E-state index < -0.39 is 0 Å². The zero-order valence-electron chi connectivity index (χ0n) is 12.0. The Morgan fingerprint density at radius 1 is 1.42 bits per heavy atom. The Hall–Kier alpha value is -0.940. The van der Waals surface area contributed by atoms with Gasteiger partial charge in [0.05, 0.1) is 6.54 Å². The SMILES string of the molecule is CC1(C)CCCC(CN2CCn3cnnc3C2)C1N. The molecule has 0 aromatic carbocycles. The summed E-state index contributed by atoms with van der Waals surface area (Å²) in [4.78, 5) is 2.50. The summed E-state index contributed by atoms with van der Waals surface area (Å²) in [6.07, 6.45) is 5.68. The third-order valence-corrected chi connectivity index (χ3v) is 5.02. The number of hydrogen-bond acceptors (Lipinski definition) is 4. The summed E-state index contributed by atoms with van der Waals surface area (Å²) < 4.78 is 2.15. The first-order valence-electron chi connectivity index (χ1n) is 7.41. The van der Waals surface area contributed by atoms with Crippen LogP contribution in [0.25, 0.3) is 0 Å². The maximum absolute atomic E-state index is 6.49. The molecule has 1 aliphatic heterocycles. The normalized spacial score (nSPS) is 31.1. The van der Waals surface area contributed by atoms with Crippen LogP contribution in [0.2, 0.25) is 0 Å². The van der Waals surface area contributed by atoms with Gasteiger partial charge in [-0.2, -0.15) is 0 Å². The van der Waals surface area contributed by atoms with Crippen LogP contribution in [-0.2, 0) is 13.1 Å². The first-order valence-corrected chi connectivity index (χ1v) is 7.41. The highest BCUT2D eigenvalue weighted by molar-refractivity contribution is 4.95. The Kier molecular flexibility index (Phi) is 3.35. The van der Waals surface area contributed by atoms with E-state index in [9.17, 15) is 0 Å². The average molecular weight is 263 g/mol. The van der Waals surface area contributed by atoms with E-state index in [0.717, 1.165) is 32.0 Å². The lowest BCUT2D eigenvalue weighted by Crippen LogP contribution is -2.51. The Morgan fingerprint density at radius 3 is 3.11 bits per heavy atom. The summed E-state index contributed by atoms with van der Waals surface area (Å²) in [6.45, 7) is 8.76. The van der Waals surface area contributed by atoms with Crippen molar-refractivity contribution < 1.29 is 0 Å². The van der Waals surface area contributed by atoms with Crippen molar-refractivity contribution in [3.05, 3.63) is 12.2 Å². The van der Waals surface area contributed by atoms with Crippen LogP contribution < -0.4 is 5.73 Å². The van der Waals surface area contributed by atoms with E-state index in [1.807, 2.05) is 6.33 Å². The van der Waals surface area contributed by atoms with Crippen LogP contribution in [0.4, 0.5) is 0 Å². The predicted octanol–water partition coefficient (Wildman–Crippen LogP) is 1.25. The molecule has 1 fully saturated rings. The van der Waals surface area contributed by atoms with Gasteiger partial charge < -0.3 is 10.3 Å². The van der Waals surface area contributed by atoms with Crippen molar-refractivity contribution >= 4 is 0 Å². The van der Waals surface area contributed by atoms with E-state index in [4.69, 9.17) is 5.73 Å². The van der Waals surface area contributed by atoms with Gasteiger partial charge in [-0.3, -0.25) is 4.90 Å². The van der Waals surface area contributed by atoms with Gasteiger partial charge in [-0.1, -0.05) is 20.3 Å². The first kappa shape index (κ1) is 13.1. The third kappa shape index (κ3) is 2.54. The van der Waals surface area contributed by atoms with Crippen molar-refractivity contribution in [1.29, 1.82) is 0 Å². The monoisotopic (exact) mass is 263 g/mol. The number of fused-ring (bicyclic) bond motifs is 1. The lowest BCUT2D eigenvalue weighted by Gasteiger charge is -2.44. The highest BCUT2D eigenvalue weighted by Crippen LogP contribution is 2.38. The fourth-order valence-corrected chi connectivity index (χ4v) is 3.61. The van der Waals surface area contributed by atoms with Crippen molar-refractivity contribution in [1.82, 2.24) is 19.7 Å². The quantitative estimate of drug-likeness (QED) is 0.872. The Morgan fingerprint density at radius 2 is 2.26 bits per heavy atom. The highest BCUT2D eigenvalue weighted by Gasteiger charge is 2.37. The van der Waals surface area contributed by atoms with Gasteiger partial charge in [0.25, 0.3) is 0 Å². The minimum absolute atomic E-state index is 0.290. The summed E-state index contributed by atoms with van der Waals surface area (Å²) in [5.74, 6) is 1.72. The lowest BCUT2D eigenvalue weighted by molar-refractivity contribution is 0.0905. The van der Waals surface area contributed by atoms with Gasteiger partial charge in [-0.15, -0.1) is 10.2 Å². The number of nitrogens with two attached hydrogens (primary N) is 1. The predicted molar refractivity (Wildman–Crippen MR) is 74.4 cm³/mol. The molecule has 2 unspecified atom stereocenters. The molecule has 5 heteroatoms. The number of nitrogens with zero attached hydrogens (tertiary/aromatic N) is 4. The van der Waals surface area contributed by atoms with E-state index in [2.05, 4.69) is 33.5 Å². The first-order chi connectivity index (χ1) is 9.06. The summed E-state index contributed by atoms with van der Waals surface area (Å²) >= 11 is 0. The van der Waals surface area contributed by atoms with Crippen LogP contribution in [0.15, 0.2) is 6.33 Å². The molecule has 3 rings (SSSR count). The van der Waals surface area contributed by atoms with Gasteiger partial charge in [0.15, 0.2) is 0 Å². The average Bonchev–Trinajstić information content (AvgIpc) is 2.82. The van der Waals surface area contributed by atoms with E-state index in [1.165, 1.54) is 19.3 Å². The molecule has 2 aliphatic rings. The van der Waals surface area contributed by atoms with Crippen LogP contribution >= 0.6 is 0 Å². The lowest BCUT2D eigenvalue weighted by atomic mass is 9.68. The minimum atomic E-state index is 0.290. The molecule has 1 saturated carbocycles. The van der Waals surface area contributed by atoms with Gasteiger partial charge in [-0.05, 0) is 24.2 Å². The van der Waals surface area contributed by atoms with Crippen molar-refractivity contribution in [3.8, 4) is 0 Å². The molecular weight excluding hydrogens is 238 g/mol. The fraction of sp³-hybridized carbons (Fsp3) is 0.857. The van der Waals surface area contributed by atoms with E-state index in [1.54, 1.807) is 0 Å². The van der Waals surface area contributed by atoms with Crippen LogP contribution in [-0.4, -0.2) is 38.8 Å². The maximum atomic E-state index is 6.49. The maximum Gasteiger partial charge on any atom is 0.147 e. The van der Waals surface area contributed by atoms with E-state index in [-0.39, 0.29) is 0 Å². The van der Waals surface area contributed by atoms with E-state index >= 15 is 0 Å². The fourth-order valence-electron chi connectivity index (χ4n) is 3.61. The molecule has 1 aromatic heterocycles. The van der Waals surface area contributed by atoms with Crippen molar-refractivity contribution in [2.24, 2.45) is 17.1 Å². The smallest absolute Gasteiger partial charge is 0.147 e. The van der Waals surface area contributed by atoms with Crippen LogP contribution in [0, 0.1) is 11.3 Å². The summed E-state index contributed by atoms with van der Waals surface area (Å²) in [6, 6.07) is 0.320. The molecule has 1 aliphatic carbocycles. The molecule has 5 nitrogen and oxygen atoms in total. The zero-order chi connectivity index (χ0) is 13.5. The minimum Gasteiger partial charge on any atom is -0.327 e. The summed E-state index contributed by atoms with van der Waals surface area (Å²) in [7, 11) is 0. The second-order valence-electron chi connectivity index (χ2n) is 6.84. The Bertz CT molecular complexity index is 439. The second kappa shape index (κ2) is 4.87. The molecule has 0 bridgehead atoms. The number of rotatable bonds is 2.